The van der Waals surface area contributed by atoms with Gasteiger partial charge in [-0.1, -0.05) is 39.8 Å². The zero-order chi connectivity index (χ0) is 18.4. The smallest absolute Gasteiger partial charge is 0.265 e. The van der Waals surface area contributed by atoms with Crippen LogP contribution in [-0.4, -0.2) is 19.1 Å². The highest BCUT2D eigenvalue weighted by Crippen LogP contribution is 2.25. The molecule has 0 heterocycles. The van der Waals surface area contributed by atoms with Gasteiger partial charge in [0.25, 0.3) is 5.91 Å². The van der Waals surface area contributed by atoms with Crippen molar-refractivity contribution in [3.8, 4) is 11.5 Å². The van der Waals surface area contributed by atoms with E-state index in [-0.39, 0.29) is 11.3 Å². The van der Waals surface area contributed by atoms with Crippen molar-refractivity contribution in [1.29, 1.82) is 0 Å². The molecule has 2 aromatic rings. The van der Waals surface area contributed by atoms with E-state index >= 15 is 0 Å². The number of ether oxygens (including phenoxy) is 2. The van der Waals surface area contributed by atoms with Crippen LogP contribution in [0.1, 0.15) is 39.7 Å². The van der Waals surface area contributed by atoms with Gasteiger partial charge in [0.2, 0.25) is 0 Å². The Labute approximate surface area is 150 Å². The molecular weight excluding hydrogens is 314 g/mol. The number of anilines is 1. The summed E-state index contributed by atoms with van der Waals surface area (Å²) in [5.41, 5.74) is 2.04. The van der Waals surface area contributed by atoms with Crippen molar-refractivity contribution in [2.75, 3.05) is 12.4 Å². The van der Waals surface area contributed by atoms with E-state index in [9.17, 15) is 4.79 Å². The Morgan fingerprint density at radius 1 is 1.00 bits per heavy atom. The quantitative estimate of drug-likeness (QED) is 0.822. The lowest BCUT2D eigenvalue weighted by atomic mass is 9.87. The highest BCUT2D eigenvalue weighted by Gasteiger charge is 2.19. The van der Waals surface area contributed by atoms with Crippen molar-refractivity contribution in [3.63, 3.8) is 0 Å². The molecule has 0 aliphatic heterocycles. The van der Waals surface area contributed by atoms with Gasteiger partial charge >= 0.3 is 0 Å². The van der Waals surface area contributed by atoms with E-state index in [2.05, 4.69) is 26.1 Å². The summed E-state index contributed by atoms with van der Waals surface area (Å²) >= 11 is 0. The van der Waals surface area contributed by atoms with Gasteiger partial charge in [-0.3, -0.25) is 4.79 Å². The molecule has 2 rings (SSSR count). The number of rotatable bonds is 6. The Hall–Kier alpha value is -2.49. The first-order chi connectivity index (χ1) is 11.8. The Kier molecular flexibility index (Phi) is 6.07. The number of nitrogens with one attached hydrogen (secondary N) is 1. The first kappa shape index (κ1) is 18.8. The van der Waals surface area contributed by atoms with Gasteiger partial charge in [0.1, 0.15) is 11.5 Å². The molecule has 0 fully saturated rings. The minimum Gasteiger partial charge on any atom is -0.497 e. The van der Waals surface area contributed by atoms with E-state index in [0.717, 1.165) is 11.4 Å². The summed E-state index contributed by atoms with van der Waals surface area (Å²) in [4.78, 5) is 12.5. The summed E-state index contributed by atoms with van der Waals surface area (Å²) in [7, 11) is 1.61. The minimum atomic E-state index is -0.539. The van der Waals surface area contributed by atoms with Crippen LogP contribution in [0.4, 0.5) is 5.69 Å². The first-order valence-electron chi connectivity index (χ1n) is 8.55. The van der Waals surface area contributed by atoms with Crippen LogP contribution in [0.5, 0.6) is 11.5 Å². The van der Waals surface area contributed by atoms with E-state index in [0.29, 0.717) is 12.2 Å². The molecule has 4 nitrogen and oxygen atoms in total. The second-order valence-electron chi connectivity index (χ2n) is 7.01. The highest BCUT2D eigenvalue weighted by molar-refractivity contribution is 5.94. The number of hydrogen-bond acceptors (Lipinski definition) is 3. The predicted molar refractivity (Wildman–Crippen MR) is 101 cm³/mol. The maximum Gasteiger partial charge on any atom is 0.265 e. The SMILES string of the molecule is CCC(Oc1ccc(C(C)(C)C)cc1)C(=O)Nc1ccc(OC)cc1. The maximum absolute atomic E-state index is 12.5. The summed E-state index contributed by atoms with van der Waals surface area (Å²) in [6.45, 7) is 8.43. The second-order valence-corrected chi connectivity index (χ2v) is 7.01. The van der Waals surface area contributed by atoms with Crippen LogP contribution in [0.2, 0.25) is 0 Å². The van der Waals surface area contributed by atoms with E-state index in [4.69, 9.17) is 9.47 Å². The number of benzene rings is 2. The third-order valence-electron chi connectivity index (χ3n) is 4.02. The summed E-state index contributed by atoms with van der Waals surface area (Å²) in [5, 5.41) is 2.88. The molecule has 0 aromatic heterocycles. The van der Waals surface area contributed by atoms with E-state index in [1.54, 1.807) is 7.11 Å². The summed E-state index contributed by atoms with van der Waals surface area (Å²) in [5.74, 6) is 1.29. The molecule has 0 aliphatic carbocycles. The van der Waals surface area contributed by atoms with Crippen molar-refractivity contribution in [3.05, 3.63) is 54.1 Å². The molecule has 134 valence electrons. The van der Waals surface area contributed by atoms with Gasteiger partial charge in [-0.05, 0) is 53.8 Å². The first-order valence-corrected chi connectivity index (χ1v) is 8.55. The van der Waals surface area contributed by atoms with Gasteiger partial charge in [0.05, 0.1) is 7.11 Å². The van der Waals surface area contributed by atoms with E-state index in [1.165, 1.54) is 5.56 Å². The third kappa shape index (κ3) is 5.24. The third-order valence-corrected chi connectivity index (χ3v) is 4.02. The lowest BCUT2D eigenvalue weighted by Gasteiger charge is -2.21. The molecule has 4 heteroatoms. The molecule has 0 saturated heterocycles. The Bertz CT molecular complexity index is 685. The number of hydrogen-bond donors (Lipinski definition) is 1. The fourth-order valence-corrected chi connectivity index (χ4v) is 2.42. The van der Waals surface area contributed by atoms with Crippen LogP contribution in [0, 0.1) is 0 Å². The highest BCUT2D eigenvalue weighted by atomic mass is 16.5. The lowest BCUT2D eigenvalue weighted by Crippen LogP contribution is -2.32. The number of methoxy groups -OCH3 is 1. The fourth-order valence-electron chi connectivity index (χ4n) is 2.42. The topological polar surface area (TPSA) is 47.6 Å². The second kappa shape index (κ2) is 8.06. The average molecular weight is 341 g/mol. The van der Waals surface area contributed by atoms with Crippen LogP contribution >= 0.6 is 0 Å². The zero-order valence-corrected chi connectivity index (χ0v) is 15.6. The van der Waals surface area contributed by atoms with Gasteiger partial charge < -0.3 is 14.8 Å². The molecule has 0 spiro atoms. The minimum absolute atomic E-state index is 0.0917. The fraction of sp³-hybridized carbons (Fsp3) is 0.381. The van der Waals surface area contributed by atoms with E-state index < -0.39 is 6.10 Å². The molecule has 0 bridgehead atoms. The van der Waals surface area contributed by atoms with Crippen LogP contribution in [0.15, 0.2) is 48.5 Å². The Morgan fingerprint density at radius 2 is 1.56 bits per heavy atom. The molecule has 2 aromatic carbocycles. The predicted octanol–water partition coefficient (Wildman–Crippen LogP) is 4.79. The molecular formula is C21H27NO3. The Balaban J connectivity index is 2.01. The summed E-state index contributed by atoms with van der Waals surface area (Å²) in [6, 6.07) is 15.2. The van der Waals surface area contributed by atoms with Crippen molar-refractivity contribution >= 4 is 11.6 Å². The maximum atomic E-state index is 12.5. The van der Waals surface area contributed by atoms with Gasteiger partial charge in [0, 0.05) is 5.69 Å². The van der Waals surface area contributed by atoms with Crippen LogP contribution in [-0.2, 0) is 10.2 Å². The number of carbonyl (C=O) groups excluding carboxylic acids is 1. The molecule has 25 heavy (non-hydrogen) atoms. The van der Waals surface area contributed by atoms with Gasteiger partial charge in [-0.15, -0.1) is 0 Å². The normalized spacial score (nSPS) is 12.4. The summed E-state index contributed by atoms with van der Waals surface area (Å²) in [6.07, 6.45) is 0.0470. The van der Waals surface area contributed by atoms with Crippen LogP contribution < -0.4 is 14.8 Å². The van der Waals surface area contributed by atoms with Gasteiger partial charge in [0.15, 0.2) is 6.10 Å². The molecule has 1 atom stereocenters. The molecule has 1 unspecified atom stereocenters. The molecule has 0 radical (unpaired) electrons. The van der Waals surface area contributed by atoms with Crippen molar-refractivity contribution in [2.45, 2.75) is 45.6 Å². The lowest BCUT2D eigenvalue weighted by molar-refractivity contribution is -0.122. The standard InChI is InChI=1S/C21H27NO3/c1-6-19(20(23)22-16-9-13-17(24-5)14-10-16)25-18-11-7-15(8-12-18)21(2,3)4/h7-14,19H,6H2,1-5H3,(H,22,23). The van der Waals surface area contributed by atoms with Crippen molar-refractivity contribution in [1.82, 2.24) is 0 Å². The monoisotopic (exact) mass is 341 g/mol. The van der Waals surface area contributed by atoms with Gasteiger partial charge in [-0.25, -0.2) is 0 Å². The average Bonchev–Trinajstić information content (AvgIpc) is 2.60. The Morgan fingerprint density at radius 3 is 2.04 bits per heavy atom. The van der Waals surface area contributed by atoms with Crippen molar-refractivity contribution in [2.24, 2.45) is 0 Å². The largest absolute Gasteiger partial charge is 0.497 e. The molecule has 1 amide bonds. The molecule has 0 aliphatic rings. The van der Waals surface area contributed by atoms with Crippen molar-refractivity contribution < 1.29 is 14.3 Å². The van der Waals surface area contributed by atoms with Gasteiger partial charge in [-0.2, -0.15) is 0 Å². The summed E-state index contributed by atoms with van der Waals surface area (Å²) < 4.78 is 11.0. The van der Waals surface area contributed by atoms with Crippen LogP contribution in [0.25, 0.3) is 0 Å². The van der Waals surface area contributed by atoms with E-state index in [1.807, 2.05) is 55.5 Å². The molecule has 0 saturated carbocycles. The van der Waals surface area contributed by atoms with Crippen LogP contribution in [0.3, 0.4) is 0 Å². The number of carbonyl (C=O) groups is 1. The molecule has 1 N–H and O–H groups in total. The zero-order valence-electron chi connectivity index (χ0n) is 15.6. The number of amides is 1.